The minimum Gasteiger partial charge on any atom is -0.316 e. The highest BCUT2D eigenvalue weighted by molar-refractivity contribution is 7.92. The molecule has 0 saturated carbocycles. The first kappa shape index (κ1) is 18.2. The molecule has 1 aromatic rings. The van der Waals surface area contributed by atoms with Gasteiger partial charge in [-0.1, -0.05) is 46.2 Å². The van der Waals surface area contributed by atoms with E-state index in [0.29, 0.717) is 17.2 Å². The van der Waals surface area contributed by atoms with Gasteiger partial charge in [0.05, 0.1) is 10.1 Å². The van der Waals surface area contributed by atoms with Gasteiger partial charge in [-0.2, -0.15) is 0 Å². The van der Waals surface area contributed by atoms with Crippen LogP contribution in [0.2, 0.25) is 0 Å². The SMILES string of the molecule is CCCC(NC)C(CC)S(=O)(=O)c1ccc(C(C)C)cc1. The van der Waals surface area contributed by atoms with Crippen LogP contribution in [0.1, 0.15) is 58.4 Å². The molecule has 1 rings (SSSR count). The standard InChI is InChI=1S/C17H29NO2S/c1-6-8-16(18-5)17(7-2)21(19,20)15-11-9-14(10-12-15)13(3)4/h9-13,16-18H,6-8H2,1-5H3. The predicted molar refractivity (Wildman–Crippen MR) is 89.6 cm³/mol. The highest BCUT2D eigenvalue weighted by Gasteiger charge is 2.32. The molecule has 4 heteroatoms. The normalized spacial score (nSPS) is 15.1. The van der Waals surface area contributed by atoms with Crippen molar-refractivity contribution in [3.8, 4) is 0 Å². The molecule has 0 aromatic heterocycles. The van der Waals surface area contributed by atoms with Gasteiger partial charge < -0.3 is 5.32 Å². The summed E-state index contributed by atoms with van der Waals surface area (Å²) in [6, 6.07) is 7.38. The Hall–Kier alpha value is -0.870. The van der Waals surface area contributed by atoms with Gasteiger partial charge in [0.2, 0.25) is 0 Å². The second kappa shape index (κ2) is 7.95. The summed E-state index contributed by atoms with van der Waals surface area (Å²) in [7, 11) is -1.44. The predicted octanol–water partition coefficient (Wildman–Crippen LogP) is 3.75. The molecule has 0 saturated heterocycles. The number of hydrogen-bond donors (Lipinski definition) is 1. The third-order valence-corrected chi connectivity index (χ3v) is 6.48. The van der Waals surface area contributed by atoms with E-state index in [2.05, 4.69) is 26.1 Å². The van der Waals surface area contributed by atoms with Crippen molar-refractivity contribution >= 4 is 9.84 Å². The quantitative estimate of drug-likeness (QED) is 0.795. The molecule has 0 bridgehead atoms. The second-order valence-corrected chi connectivity index (χ2v) is 8.07. The van der Waals surface area contributed by atoms with Gasteiger partial charge in [-0.25, -0.2) is 8.42 Å². The molecule has 1 N–H and O–H groups in total. The maximum absolute atomic E-state index is 12.9. The topological polar surface area (TPSA) is 46.2 Å². The van der Waals surface area contributed by atoms with E-state index >= 15 is 0 Å². The molecule has 1 aromatic carbocycles. The number of hydrogen-bond acceptors (Lipinski definition) is 3. The first-order valence-electron chi connectivity index (χ1n) is 7.89. The Morgan fingerprint density at radius 2 is 1.67 bits per heavy atom. The average molecular weight is 311 g/mol. The molecule has 21 heavy (non-hydrogen) atoms. The van der Waals surface area contributed by atoms with Crippen LogP contribution >= 0.6 is 0 Å². The van der Waals surface area contributed by atoms with Crippen LogP contribution in [-0.2, 0) is 9.84 Å². The Morgan fingerprint density at radius 1 is 1.10 bits per heavy atom. The lowest BCUT2D eigenvalue weighted by molar-refractivity contribution is 0.464. The Kier molecular flexibility index (Phi) is 6.88. The monoisotopic (exact) mass is 311 g/mol. The molecule has 0 aliphatic carbocycles. The second-order valence-electron chi connectivity index (χ2n) is 5.90. The Labute approximate surface area is 130 Å². The third-order valence-electron chi connectivity index (χ3n) is 4.10. The summed E-state index contributed by atoms with van der Waals surface area (Å²) in [5.41, 5.74) is 1.17. The van der Waals surface area contributed by atoms with Crippen LogP contribution in [0.15, 0.2) is 29.2 Å². The van der Waals surface area contributed by atoms with Crippen LogP contribution in [0.3, 0.4) is 0 Å². The van der Waals surface area contributed by atoms with Gasteiger partial charge >= 0.3 is 0 Å². The van der Waals surface area contributed by atoms with Gasteiger partial charge in [-0.05, 0) is 43.5 Å². The molecule has 0 aliphatic rings. The fourth-order valence-electron chi connectivity index (χ4n) is 2.76. The lowest BCUT2D eigenvalue weighted by atomic mass is 10.0. The zero-order valence-corrected chi connectivity index (χ0v) is 14.7. The maximum atomic E-state index is 12.9. The Balaban J connectivity index is 3.11. The van der Waals surface area contributed by atoms with Gasteiger partial charge in [-0.3, -0.25) is 0 Å². The molecule has 0 fully saturated rings. The van der Waals surface area contributed by atoms with Crippen molar-refractivity contribution < 1.29 is 8.42 Å². The fourth-order valence-corrected chi connectivity index (χ4v) is 4.77. The van der Waals surface area contributed by atoms with Crippen molar-refractivity contribution in [3.05, 3.63) is 29.8 Å². The molecule has 2 atom stereocenters. The van der Waals surface area contributed by atoms with Crippen LogP contribution in [0, 0.1) is 0 Å². The highest BCUT2D eigenvalue weighted by atomic mass is 32.2. The first-order valence-corrected chi connectivity index (χ1v) is 9.44. The highest BCUT2D eigenvalue weighted by Crippen LogP contribution is 2.24. The van der Waals surface area contributed by atoms with E-state index in [1.165, 1.54) is 5.56 Å². The van der Waals surface area contributed by atoms with E-state index in [-0.39, 0.29) is 11.3 Å². The molecule has 0 aliphatic heterocycles. The summed E-state index contributed by atoms with van der Waals surface area (Å²) >= 11 is 0. The lowest BCUT2D eigenvalue weighted by Crippen LogP contribution is -2.42. The van der Waals surface area contributed by atoms with Gasteiger partial charge in [0.25, 0.3) is 0 Å². The largest absolute Gasteiger partial charge is 0.316 e. The Morgan fingerprint density at radius 3 is 2.05 bits per heavy atom. The van der Waals surface area contributed by atoms with Gasteiger partial charge in [-0.15, -0.1) is 0 Å². The van der Waals surface area contributed by atoms with Crippen molar-refractivity contribution in [2.45, 2.75) is 69.1 Å². The minimum absolute atomic E-state index is 0.00905. The van der Waals surface area contributed by atoms with Crippen LogP contribution in [0.4, 0.5) is 0 Å². The fraction of sp³-hybridized carbons (Fsp3) is 0.647. The summed E-state index contributed by atoms with van der Waals surface area (Å²) in [5.74, 6) is 0.411. The maximum Gasteiger partial charge on any atom is 0.182 e. The number of rotatable bonds is 8. The smallest absolute Gasteiger partial charge is 0.182 e. The van der Waals surface area contributed by atoms with E-state index in [4.69, 9.17) is 0 Å². The van der Waals surface area contributed by atoms with Crippen LogP contribution in [-0.4, -0.2) is 26.8 Å². The average Bonchev–Trinajstić information content (AvgIpc) is 2.46. The van der Waals surface area contributed by atoms with E-state index in [0.717, 1.165) is 12.8 Å². The lowest BCUT2D eigenvalue weighted by Gasteiger charge is -2.25. The molecule has 2 unspecified atom stereocenters. The van der Waals surface area contributed by atoms with Crippen molar-refractivity contribution in [2.24, 2.45) is 0 Å². The number of sulfone groups is 1. The van der Waals surface area contributed by atoms with Crippen LogP contribution < -0.4 is 5.32 Å². The number of benzene rings is 1. The van der Waals surface area contributed by atoms with Gasteiger partial charge in [0.15, 0.2) is 9.84 Å². The van der Waals surface area contributed by atoms with Crippen LogP contribution in [0.5, 0.6) is 0 Å². The first-order chi connectivity index (χ1) is 9.88. The summed E-state index contributed by atoms with van der Waals surface area (Å²) in [4.78, 5) is 0.440. The molecule has 0 heterocycles. The number of nitrogens with one attached hydrogen (secondary N) is 1. The van der Waals surface area contributed by atoms with Crippen LogP contribution in [0.25, 0.3) is 0 Å². The van der Waals surface area contributed by atoms with E-state index in [1.54, 1.807) is 12.1 Å². The molecule has 120 valence electrons. The van der Waals surface area contributed by atoms with Crippen molar-refractivity contribution in [1.82, 2.24) is 5.32 Å². The zero-order chi connectivity index (χ0) is 16.0. The van der Waals surface area contributed by atoms with Crippen molar-refractivity contribution in [2.75, 3.05) is 7.05 Å². The zero-order valence-electron chi connectivity index (χ0n) is 13.9. The molecular formula is C17H29NO2S. The summed E-state index contributed by atoms with van der Waals surface area (Å²) in [6.07, 6.45) is 2.47. The Bertz CT molecular complexity index is 520. The van der Waals surface area contributed by atoms with Gasteiger partial charge in [0, 0.05) is 6.04 Å². The van der Waals surface area contributed by atoms with E-state index in [1.807, 2.05) is 26.1 Å². The molecule has 3 nitrogen and oxygen atoms in total. The van der Waals surface area contributed by atoms with Gasteiger partial charge in [0.1, 0.15) is 0 Å². The summed E-state index contributed by atoms with van der Waals surface area (Å²) in [6.45, 7) is 8.25. The molecule has 0 radical (unpaired) electrons. The molecule has 0 amide bonds. The molecule has 0 spiro atoms. The molecular weight excluding hydrogens is 282 g/mol. The summed E-state index contributed by atoms with van der Waals surface area (Å²) in [5, 5.41) is 2.81. The summed E-state index contributed by atoms with van der Waals surface area (Å²) < 4.78 is 25.8. The van der Waals surface area contributed by atoms with Crippen molar-refractivity contribution in [1.29, 1.82) is 0 Å². The van der Waals surface area contributed by atoms with E-state index < -0.39 is 9.84 Å². The minimum atomic E-state index is -3.29. The third kappa shape index (κ3) is 4.30. The van der Waals surface area contributed by atoms with E-state index in [9.17, 15) is 8.42 Å². The van der Waals surface area contributed by atoms with Crippen molar-refractivity contribution in [3.63, 3.8) is 0 Å².